The predicted octanol–water partition coefficient (Wildman–Crippen LogP) is 3.16. The first kappa shape index (κ1) is 22.5. The zero-order chi connectivity index (χ0) is 22.9. The summed E-state index contributed by atoms with van der Waals surface area (Å²) in [5.41, 5.74) is 2.50. The van der Waals surface area contributed by atoms with E-state index in [1.165, 1.54) is 18.1 Å². The number of imide groups is 1. The average Bonchev–Trinajstić information content (AvgIpc) is 3.04. The number of carbonyl (C=O) groups is 2. The van der Waals surface area contributed by atoms with Gasteiger partial charge >= 0.3 is 0 Å². The number of nitrogens with zero attached hydrogens (tertiary/aromatic N) is 1. The van der Waals surface area contributed by atoms with E-state index in [9.17, 15) is 18.0 Å². The molecule has 2 fully saturated rings. The van der Waals surface area contributed by atoms with Crippen molar-refractivity contribution in [3.05, 3.63) is 59.2 Å². The summed E-state index contributed by atoms with van der Waals surface area (Å²) in [7, 11) is -2.47. The number of likely N-dealkylation sites (tertiary alicyclic amines) is 1. The first-order chi connectivity index (χ1) is 15.3. The van der Waals surface area contributed by atoms with Crippen LogP contribution in [0.4, 0.5) is 0 Å². The predicted molar refractivity (Wildman–Crippen MR) is 119 cm³/mol. The second kappa shape index (κ2) is 9.03. The van der Waals surface area contributed by atoms with Crippen LogP contribution in [0.3, 0.4) is 0 Å². The van der Waals surface area contributed by atoms with E-state index in [0.717, 1.165) is 36.8 Å². The highest BCUT2D eigenvalue weighted by atomic mass is 32.2. The lowest BCUT2D eigenvalue weighted by Crippen LogP contribution is -2.30. The van der Waals surface area contributed by atoms with Gasteiger partial charge in [0.15, 0.2) is 0 Å². The number of aryl methyl sites for hydroxylation is 1. The molecular formula is C24H28N2O5S. The van der Waals surface area contributed by atoms with Crippen molar-refractivity contribution in [1.82, 2.24) is 9.62 Å². The molecule has 4 rings (SSSR count). The van der Waals surface area contributed by atoms with Crippen LogP contribution in [0.25, 0.3) is 0 Å². The summed E-state index contributed by atoms with van der Waals surface area (Å²) < 4.78 is 34.0. The zero-order valence-corrected chi connectivity index (χ0v) is 19.2. The van der Waals surface area contributed by atoms with Crippen LogP contribution < -0.4 is 9.46 Å². The van der Waals surface area contributed by atoms with Crippen LogP contribution in [0.2, 0.25) is 0 Å². The highest BCUT2D eigenvalue weighted by molar-refractivity contribution is 7.89. The van der Waals surface area contributed by atoms with E-state index in [-0.39, 0.29) is 47.4 Å². The number of sulfonamides is 1. The minimum Gasteiger partial charge on any atom is -0.495 e. The van der Waals surface area contributed by atoms with E-state index < -0.39 is 10.0 Å². The molecule has 2 aromatic carbocycles. The number of rotatable bonds is 7. The number of carbonyl (C=O) groups excluding carboxylic acids is 2. The number of fused-ring (bicyclic) bond motifs is 1. The Bertz CT molecular complexity index is 1100. The molecule has 1 heterocycles. The van der Waals surface area contributed by atoms with Gasteiger partial charge in [0, 0.05) is 6.54 Å². The van der Waals surface area contributed by atoms with Crippen molar-refractivity contribution in [2.24, 2.45) is 11.8 Å². The largest absolute Gasteiger partial charge is 0.495 e. The average molecular weight is 457 g/mol. The lowest BCUT2D eigenvalue weighted by atomic mass is 9.81. The molecule has 0 bridgehead atoms. The molecule has 170 valence electrons. The molecule has 2 amide bonds. The first-order valence-corrected chi connectivity index (χ1v) is 12.4. The number of nitrogens with one attached hydrogen (secondary N) is 1. The van der Waals surface area contributed by atoms with Crippen molar-refractivity contribution in [3.63, 3.8) is 0 Å². The van der Waals surface area contributed by atoms with Gasteiger partial charge < -0.3 is 4.74 Å². The van der Waals surface area contributed by atoms with E-state index in [0.29, 0.717) is 5.56 Å². The van der Waals surface area contributed by atoms with Crippen LogP contribution in [0.5, 0.6) is 5.75 Å². The molecule has 0 aromatic heterocycles. The number of methoxy groups -OCH3 is 1. The van der Waals surface area contributed by atoms with Crippen LogP contribution >= 0.6 is 0 Å². The molecular weight excluding hydrogens is 428 g/mol. The molecule has 2 atom stereocenters. The number of hydrogen-bond donors (Lipinski definition) is 1. The van der Waals surface area contributed by atoms with Gasteiger partial charge in [-0.2, -0.15) is 0 Å². The van der Waals surface area contributed by atoms with E-state index in [2.05, 4.69) is 4.72 Å². The third-order valence-electron chi connectivity index (χ3n) is 6.38. The third-order valence-corrected chi connectivity index (χ3v) is 7.80. The second-order valence-corrected chi connectivity index (χ2v) is 10.3. The zero-order valence-electron chi connectivity index (χ0n) is 18.3. The maximum atomic E-state index is 13.0. The lowest BCUT2D eigenvalue weighted by molar-refractivity contribution is -0.140. The van der Waals surface area contributed by atoms with Gasteiger partial charge in [-0.1, -0.05) is 48.7 Å². The molecule has 7 nitrogen and oxygen atoms in total. The third kappa shape index (κ3) is 4.42. The fourth-order valence-corrected chi connectivity index (χ4v) is 5.80. The number of ether oxygens (including phenoxy) is 1. The SMILES string of the molecule is COc1ccc(CN2C(=O)[C@@H]3CCCC[C@H]3C2=O)cc1S(=O)(=O)NCc1ccc(C)cc1. The Morgan fingerprint density at radius 3 is 2.16 bits per heavy atom. The number of amides is 2. The Hall–Kier alpha value is -2.71. The molecule has 1 aliphatic heterocycles. The van der Waals surface area contributed by atoms with Crippen LogP contribution in [0.15, 0.2) is 47.4 Å². The number of hydrogen-bond acceptors (Lipinski definition) is 5. The van der Waals surface area contributed by atoms with Gasteiger partial charge in [-0.25, -0.2) is 13.1 Å². The molecule has 2 aliphatic rings. The summed E-state index contributed by atoms with van der Waals surface area (Å²) in [6.07, 6.45) is 3.42. The first-order valence-electron chi connectivity index (χ1n) is 10.9. The Kier molecular flexibility index (Phi) is 6.35. The molecule has 8 heteroatoms. The van der Waals surface area contributed by atoms with E-state index in [1.54, 1.807) is 12.1 Å². The molecule has 2 aromatic rings. The molecule has 1 N–H and O–H groups in total. The monoisotopic (exact) mass is 456 g/mol. The Morgan fingerprint density at radius 2 is 1.56 bits per heavy atom. The molecule has 0 spiro atoms. The maximum absolute atomic E-state index is 13.0. The van der Waals surface area contributed by atoms with Gasteiger partial charge in [0.25, 0.3) is 0 Å². The van der Waals surface area contributed by atoms with Crippen molar-refractivity contribution in [1.29, 1.82) is 0 Å². The van der Waals surface area contributed by atoms with Gasteiger partial charge in [-0.3, -0.25) is 14.5 Å². The van der Waals surface area contributed by atoms with Crippen molar-refractivity contribution < 1.29 is 22.7 Å². The highest BCUT2D eigenvalue weighted by Gasteiger charge is 2.47. The summed E-state index contributed by atoms with van der Waals surface area (Å²) >= 11 is 0. The van der Waals surface area contributed by atoms with Crippen LogP contribution in [0, 0.1) is 18.8 Å². The fraction of sp³-hybridized carbons (Fsp3) is 0.417. The molecule has 0 unspecified atom stereocenters. The van der Waals surface area contributed by atoms with Crippen LogP contribution in [-0.2, 0) is 32.7 Å². The quantitative estimate of drug-likeness (QED) is 0.646. The Labute approximate surface area is 188 Å². The Morgan fingerprint density at radius 1 is 0.969 bits per heavy atom. The van der Waals surface area contributed by atoms with Crippen molar-refractivity contribution >= 4 is 21.8 Å². The van der Waals surface area contributed by atoms with Crippen LogP contribution in [-0.4, -0.2) is 32.2 Å². The van der Waals surface area contributed by atoms with Crippen molar-refractivity contribution in [2.75, 3.05) is 7.11 Å². The van der Waals surface area contributed by atoms with E-state index in [4.69, 9.17) is 4.74 Å². The lowest BCUT2D eigenvalue weighted by Gasteiger charge is -2.19. The standard InChI is InChI=1S/C24H28N2O5S/c1-16-7-9-17(10-8-16)14-25-32(29,30)22-13-18(11-12-21(22)31-2)15-26-23(27)19-5-3-4-6-20(19)24(26)28/h7-13,19-20,25H,3-6,14-15H2,1-2H3/t19-,20-/m1/s1. The highest BCUT2D eigenvalue weighted by Crippen LogP contribution is 2.39. The fourth-order valence-electron chi connectivity index (χ4n) is 4.56. The van der Waals surface area contributed by atoms with Crippen molar-refractivity contribution in [2.45, 2.75) is 50.6 Å². The number of benzene rings is 2. The normalized spacial score (nSPS) is 21.0. The summed E-state index contributed by atoms with van der Waals surface area (Å²) in [5, 5.41) is 0. The topological polar surface area (TPSA) is 92.8 Å². The van der Waals surface area contributed by atoms with Gasteiger partial charge in [0.05, 0.1) is 25.5 Å². The maximum Gasteiger partial charge on any atom is 0.244 e. The molecule has 0 radical (unpaired) electrons. The second-order valence-electron chi connectivity index (χ2n) is 8.56. The molecule has 1 aliphatic carbocycles. The van der Waals surface area contributed by atoms with Gasteiger partial charge in [0.2, 0.25) is 21.8 Å². The van der Waals surface area contributed by atoms with Gasteiger partial charge in [-0.05, 0) is 43.0 Å². The van der Waals surface area contributed by atoms with E-state index >= 15 is 0 Å². The van der Waals surface area contributed by atoms with Crippen molar-refractivity contribution in [3.8, 4) is 5.75 Å². The molecule has 32 heavy (non-hydrogen) atoms. The summed E-state index contributed by atoms with van der Waals surface area (Å²) in [6.45, 7) is 2.17. The molecule has 1 saturated heterocycles. The minimum absolute atomic E-state index is 0.0128. The summed E-state index contributed by atoms with van der Waals surface area (Å²) in [4.78, 5) is 26.9. The smallest absolute Gasteiger partial charge is 0.244 e. The summed E-state index contributed by atoms with van der Waals surface area (Å²) in [6, 6.07) is 12.3. The molecule has 1 saturated carbocycles. The van der Waals surface area contributed by atoms with E-state index in [1.807, 2.05) is 31.2 Å². The van der Waals surface area contributed by atoms with Gasteiger partial charge in [-0.15, -0.1) is 0 Å². The summed E-state index contributed by atoms with van der Waals surface area (Å²) in [5.74, 6) is -0.532. The Balaban J connectivity index is 1.55. The van der Waals surface area contributed by atoms with Crippen LogP contribution in [0.1, 0.15) is 42.4 Å². The minimum atomic E-state index is -3.88. The van der Waals surface area contributed by atoms with Gasteiger partial charge in [0.1, 0.15) is 10.6 Å².